The standard InChI is InChI=1S/C21H34ClN3O3S/c1-18-19(22)10-7-11-20(18)25(29(2,27)28)17-8-12-21(26)23-13-9-16-24-14-5-3-4-6-15-24/h7,10-11H,3-6,8-9,12-17H2,1-2H3,(H,23,26). The minimum Gasteiger partial charge on any atom is -0.356 e. The molecule has 0 radical (unpaired) electrons. The van der Waals surface area contributed by atoms with E-state index in [4.69, 9.17) is 11.6 Å². The molecule has 1 saturated heterocycles. The highest BCUT2D eigenvalue weighted by Gasteiger charge is 2.20. The number of anilines is 1. The van der Waals surface area contributed by atoms with Gasteiger partial charge in [-0.15, -0.1) is 0 Å². The lowest BCUT2D eigenvalue weighted by Crippen LogP contribution is -2.33. The van der Waals surface area contributed by atoms with Crippen molar-refractivity contribution in [2.75, 3.05) is 43.3 Å². The minimum absolute atomic E-state index is 0.0304. The van der Waals surface area contributed by atoms with E-state index < -0.39 is 10.0 Å². The summed E-state index contributed by atoms with van der Waals surface area (Å²) in [4.78, 5) is 14.6. The molecule has 1 aliphatic rings. The number of nitrogens with zero attached hydrogens (tertiary/aromatic N) is 2. The van der Waals surface area contributed by atoms with E-state index in [2.05, 4.69) is 10.2 Å². The van der Waals surface area contributed by atoms with E-state index in [9.17, 15) is 13.2 Å². The summed E-state index contributed by atoms with van der Waals surface area (Å²) >= 11 is 6.14. The van der Waals surface area contributed by atoms with Crippen molar-refractivity contribution in [1.29, 1.82) is 0 Å². The molecule has 164 valence electrons. The molecule has 0 aliphatic carbocycles. The molecule has 29 heavy (non-hydrogen) atoms. The molecule has 0 unspecified atom stereocenters. The van der Waals surface area contributed by atoms with Crippen LogP contribution in [0.25, 0.3) is 0 Å². The fourth-order valence-corrected chi connectivity index (χ4v) is 4.88. The van der Waals surface area contributed by atoms with Crippen molar-refractivity contribution in [3.05, 3.63) is 28.8 Å². The van der Waals surface area contributed by atoms with Gasteiger partial charge in [-0.05, 0) is 69.9 Å². The number of hydrogen-bond donors (Lipinski definition) is 1. The van der Waals surface area contributed by atoms with Crippen LogP contribution in [-0.4, -0.2) is 58.2 Å². The Labute approximate surface area is 180 Å². The molecule has 1 heterocycles. The first-order valence-corrected chi connectivity index (χ1v) is 12.7. The van der Waals surface area contributed by atoms with Crippen LogP contribution in [0.15, 0.2) is 18.2 Å². The predicted molar refractivity (Wildman–Crippen MR) is 120 cm³/mol. The molecule has 2 rings (SSSR count). The van der Waals surface area contributed by atoms with E-state index in [1.165, 1.54) is 36.2 Å². The average Bonchev–Trinajstić information content (AvgIpc) is 2.93. The lowest BCUT2D eigenvalue weighted by Gasteiger charge is -2.24. The van der Waals surface area contributed by atoms with Crippen LogP contribution in [0.1, 0.15) is 50.5 Å². The first-order chi connectivity index (χ1) is 13.8. The van der Waals surface area contributed by atoms with Crippen molar-refractivity contribution in [2.45, 2.75) is 51.9 Å². The fourth-order valence-electron chi connectivity index (χ4n) is 3.69. The summed E-state index contributed by atoms with van der Waals surface area (Å²) in [6, 6.07) is 5.21. The quantitative estimate of drug-likeness (QED) is 0.561. The summed E-state index contributed by atoms with van der Waals surface area (Å²) in [6.45, 7) is 6.07. The zero-order chi connectivity index (χ0) is 21.3. The van der Waals surface area contributed by atoms with E-state index in [0.717, 1.165) is 31.6 Å². The number of likely N-dealkylation sites (tertiary alicyclic amines) is 1. The third kappa shape index (κ3) is 8.15. The molecule has 0 aromatic heterocycles. The number of benzene rings is 1. The van der Waals surface area contributed by atoms with Crippen molar-refractivity contribution in [3.63, 3.8) is 0 Å². The van der Waals surface area contributed by atoms with E-state index in [-0.39, 0.29) is 12.5 Å². The largest absolute Gasteiger partial charge is 0.356 e. The lowest BCUT2D eigenvalue weighted by atomic mass is 10.2. The Balaban J connectivity index is 1.74. The molecule has 1 amide bonds. The Morgan fingerprint density at radius 3 is 2.52 bits per heavy atom. The molecule has 1 fully saturated rings. The van der Waals surface area contributed by atoms with E-state index in [0.29, 0.717) is 30.1 Å². The lowest BCUT2D eigenvalue weighted by molar-refractivity contribution is -0.121. The molecular formula is C21H34ClN3O3S. The van der Waals surface area contributed by atoms with Gasteiger partial charge in [0, 0.05) is 24.5 Å². The van der Waals surface area contributed by atoms with Crippen molar-refractivity contribution in [3.8, 4) is 0 Å². The van der Waals surface area contributed by atoms with Crippen molar-refractivity contribution in [2.24, 2.45) is 0 Å². The van der Waals surface area contributed by atoms with Gasteiger partial charge in [0.2, 0.25) is 15.9 Å². The smallest absolute Gasteiger partial charge is 0.232 e. The van der Waals surface area contributed by atoms with Gasteiger partial charge in [-0.25, -0.2) is 8.42 Å². The first kappa shape index (κ1) is 24.0. The normalized spacial score (nSPS) is 15.7. The Bertz CT molecular complexity index is 762. The number of sulfonamides is 1. The summed E-state index contributed by atoms with van der Waals surface area (Å²) in [7, 11) is -3.45. The highest BCUT2D eigenvalue weighted by Crippen LogP contribution is 2.28. The second-order valence-corrected chi connectivity index (χ2v) is 10.1. The van der Waals surface area contributed by atoms with E-state index in [1.54, 1.807) is 25.1 Å². The summed E-state index contributed by atoms with van der Waals surface area (Å²) in [6.07, 6.45) is 8.08. The molecule has 0 atom stereocenters. The van der Waals surface area contributed by atoms with Crippen LogP contribution in [-0.2, 0) is 14.8 Å². The van der Waals surface area contributed by atoms with Crippen molar-refractivity contribution < 1.29 is 13.2 Å². The molecule has 1 aromatic carbocycles. The molecule has 8 heteroatoms. The number of halogens is 1. The second kappa shape index (κ2) is 11.8. The number of carbonyl (C=O) groups excluding carboxylic acids is 1. The summed E-state index contributed by atoms with van der Waals surface area (Å²) in [5.41, 5.74) is 1.29. The third-order valence-electron chi connectivity index (χ3n) is 5.35. The Morgan fingerprint density at radius 2 is 1.86 bits per heavy atom. The van der Waals surface area contributed by atoms with Crippen LogP contribution < -0.4 is 9.62 Å². The van der Waals surface area contributed by atoms with Gasteiger partial charge in [0.15, 0.2) is 0 Å². The monoisotopic (exact) mass is 443 g/mol. The topological polar surface area (TPSA) is 69.7 Å². The van der Waals surface area contributed by atoms with Crippen LogP contribution in [0.4, 0.5) is 5.69 Å². The number of carbonyl (C=O) groups is 1. The highest BCUT2D eigenvalue weighted by molar-refractivity contribution is 7.92. The van der Waals surface area contributed by atoms with Gasteiger partial charge in [0.05, 0.1) is 11.9 Å². The SMILES string of the molecule is Cc1c(Cl)cccc1N(CCCC(=O)NCCCN1CCCCCC1)S(C)(=O)=O. The average molecular weight is 444 g/mol. The van der Waals surface area contributed by atoms with Crippen LogP contribution in [0.2, 0.25) is 5.02 Å². The molecule has 1 aromatic rings. The highest BCUT2D eigenvalue weighted by atomic mass is 35.5. The third-order valence-corrected chi connectivity index (χ3v) is 6.93. The van der Waals surface area contributed by atoms with Crippen molar-refractivity contribution in [1.82, 2.24) is 10.2 Å². The van der Waals surface area contributed by atoms with Gasteiger partial charge in [0.25, 0.3) is 0 Å². The molecule has 0 bridgehead atoms. The maximum Gasteiger partial charge on any atom is 0.232 e. The Hall–Kier alpha value is -1.31. The molecule has 6 nitrogen and oxygen atoms in total. The molecule has 0 spiro atoms. The van der Waals surface area contributed by atoms with Gasteiger partial charge in [-0.1, -0.05) is 30.5 Å². The maximum absolute atomic E-state index is 12.2. The van der Waals surface area contributed by atoms with Crippen LogP contribution in [0.5, 0.6) is 0 Å². The second-order valence-electron chi connectivity index (χ2n) is 7.78. The zero-order valence-corrected chi connectivity index (χ0v) is 19.2. The number of rotatable bonds is 10. The molecular weight excluding hydrogens is 410 g/mol. The maximum atomic E-state index is 12.2. The van der Waals surface area contributed by atoms with Crippen LogP contribution >= 0.6 is 11.6 Å². The number of hydrogen-bond acceptors (Lipinski definition) is 4. The van der Waals surface area contributed by atoms with Gasteiger partial charge in [0.1, 0.15) is 0 Å². The minimum atomic E-state index is -3.45. The zero-order valence-electron chi connectivity index (χ0n) is 17.6. The van der Waals surface area contributed by atoms with E-state index in [1.807, 2.05) is 0 Å². The van der Waals surface area contributed by atoms with Crippen LogP contribution in [0, 0.1) is 6.92 Å². The van der Waals surface area contributed by atoms with Gasteiger partial charge in [-0.3, -0.25) is 9.10 Å². The Kier molecular flexibility index (Phi) is 9.72. The van der Waals surface area contributed by atoms with Crippen LogP contribution in [0.3, 0.4) is 0 Å². The van der Waals surface area contributed by atoms with Gasteiger partial charge >= 0.3 is 0 Å². The van der Waals surface area contributed by atoms with Crippen molar-refractivity contribution >= 4 is 33.2 Å². The summed E-state index contributed by atoms with van der Waals surface area (Å²) < 4.78 is 25.8. The van der Waals surface area contributed by atoms with Gasteiger partial charge < -0.3 is 10.2 Å². The predicted octanol–water partition coefficient (Wildman–Crippen LogP) is 3.58. The molecule has 1 aliphatic heterocycles. The molecule has 1 N–H and O–H groups in total. The summed E-state index contributed by atoms with van der Waals surface area (Å²) in [5.74, 6) is -0.0304. The number of amides is 1. The van der Waals surface area contributed by atoms with E-state index >= 15 is 0 Å². The first-order valence-electron chi connectivity index (χ1n) is 10.5. The van der Waals surface area contributed by atoms with Gasteiger partial charge in [-0.2, -0.15) is 0 Å². The molecule has 0 saturated carbocycles. The fraction of sp³-hybridized carbons (Fsp3) is 0.667. The number of nitrogens with one attached hydrogen (secondary N) is 1. The summed E-state index contributed by atoms with van der Waals surface area (Å²) in [5, 5.41) is 3.48. The Morgan fingerprint density at radius 1 is 1.17 bits per heavy atom.